The minimum absolute atomic E-state index is 0.369. The zero-order valence-electron chi connectivity index (χ0n) is 12.4. The number of hydrogen-bond acceptors (Lipinski definition) is 2. The van der Waals surface area contributed by atoms with Gasteiger partial charge in [-0.1, -0.05) is 49.4 Å². The summed E-state index contributed by atoms with van der Waals surface area (Å²) in [5, 5.41) is 9.43. The lowest BCUT2D eigenvalue weighted by atomic mass is 10.00. The number of carboxylic acid groups (broad SMARTS) is 1. The number of rotatable bonds is 6. The fourth-order valence-corrected chi connectivity index (χ4v) is 2.32. The molecule has 0 aromatic heterocycles. The highest BCUT2D eigenvalue weighted by Gasteiger charge is 2.21. The fraction of sp³-hybridized carbons (Fsp3) is 0.278. The molecule has 1 N–H and O–H groups in total. The number of hydrogen-bond donors (Lipinski definition) is 1. The van der Waals surface area contributed by atoms with Gasteiger partial charge in [0, 0.05) is 6.42 Å². The van der Waals surface area contributed by atoms with Crippen molar-refractivity contribution in [1.29, 1.82) is 0 Å². The van der Waals surface area contributed by atoms with Gasteiger partial charge >= 0.3 is 5.97 Å². The molecule has 0 aliphatic heterocycles. The third kappa shape index (κ3) is 3.85. The molecule has 2 aromatic carbocycles. The van der Waals surface area contributed by atoms with E-state index in [1.54, 1.807) is 6.07 Å². The molecule has 0 heterocycles. The van der Waals surface area contributed by atoms with E-state index >= 15 is 0 Å². The summed E-state index contributed by atoms with van der Waals surface area (Å²) in [7, 11) is 0. The van der Waals surface area contributed by atoms with Crippen molar-refractivity contribution in [3.05, 3.63) is 65.2 Å². The van der Waals surface area contributed by atoms with Crippen LogP contribution in [0.5, 0.6) is 5.75 Å². The van der Waals surface area contributed by atoms with E-state index < -0.39 is 12.1 Å². The molecule has 0 radical (unpaired) electrons. The molecule has 3 nitrogen and oxygen atoms in total. The van der Waals surface area contributed by atoms with Gasteiger partial charge in [0.1, 0.15) is 5.75 Å². The molecule has 3 heteroatoms. The van der Waals surface area contributed by atoms with Crippen LogP contribution in [0.1, 0.15) is 23.6 Å². The number of para-hydroxylation sites is 1. The quantitative estimate of drug-likeness (QED) is 0.881. The predicted octanol–water partition coefficient (Wildman–Crippen LogP) is 3.63. The molecule has 0 saturated heterocycles. The molecule has 0 fully saturated rings. The molecule has 2 aromatic rings. The number of carboxylic acids is 1. The Labute approximate surface area is 125 Å². The summed E-state index contributed by atoms with van der Waals surface area (Å²) in [6.07, 6.45) is 0.374. The van der Waals surface area contributed by atoms with Crippen molar-refractivity contribution in [3.63, 3.8) is 0 Å². The van der Waals surface area contributed by atoms with Crippen LogP contribution in [0.25, 0.3) is 0 Å². The zero-order chi connectivity index (χ0) is 15.2. The van der Waals surface area contributed by atoms with Crippen LogP contribution in [0, 0.1) is 6.92 Å². The third-order valence-electron chi connectivity index (χ3n) is 3.54. The summed E-state index contributed by atoms with van der Waals surface area (Å²) in [6.45, 7) is 3.98. The van der Waals surface area contributed by atoms with Crippen LogP contribution in [0.3, 0.4) is 0 Å². The highest BCUT2D eigenvalue weighted by atomic mass is 16.5. The Kier molecular flexibility index (Phi) is 4.99. The van der Waals surface area contributed by atoms with Gasteiger partial charge in [0.2, 0.25) is 0 Å². The molecular formula is C18H20O3. The van der Waals surface area contributed by atoms with E-state index in [1.165, 1.54) is 0 Å². The normalized spacial score (nSPS) is 11.9. The molecular weight excluding hydrogens is 264 g/mol. The zero-order valence-corrected chi connectivity index (χ0v) is 12.4. The summed E-state index contributed by atoms with van der Waals surface area (Å²) < 4.78 is 5.71. The number of carbonyl (C=O) groups is 1. The van der Waals surface area contributed by atoms with Gasteiger partial charge in [0.25, 0.3) is 0 Å². The Hall–Kier alpha value is -2.29. The van der Waals surface area contributed by atoms with Crippen LogP contribution in [0.2, 0.25) is 0 Å². The van der Waals surface area contributed by atoms with Crippen LogP contribution in [-0.4, -0.2) is 17.2 Å². The summed E-state index contributed by atoms with van der Waals surface area (Å²) >= 11 is 0. The van der Waals surface area contributed by atoms with Gasteiger partial charge in [-0.15, -0.1) is 0 Å². The molecule has 1 atom stereocenters. The Morgan fingerprint density at radius 2 is 1.71 bits per heavy atom. The van der Waals surface area contributed by atoms with E-state index in [9.17, 15) is 9.90 Å². The van der Waals surface area contributed by atoms with E-state index in [-0.39, 0.29) is 0 Å². The molecule has 0 saturated carbocycles. The first-order valence-corrected chi connectivity index (χ1v) is 7.13. The van der Waals surface area contributed by atoms with Crippen molar-refractivity contribution in [3.8, 4) is 5.75 Å². The van der Waals surface area contributed by atoms with Gasteiger partial charge in [-0.25, -0.2) is 4.79 Å². The lowest BCUT2D eigenvalue weighted by Gasteiger charge is -2.18. The van der Waals surface area contributed by atoms with E-state index in [1.807, 2.05) is 49.4 Å². The number of aliphatic carboxylic acids is 1. The maximum absolute atomic E-state index is 11.5. The number of ether oxygens (including phenoxy) is 1. The van der Waals surface area contributed by atoms with Gasteiger partial charge in [0.05, 0.1) is 0 Å². The topological polar surface area (TPSA) is 46.5 Å². The molecule has 0 spiro atoms. The first-order valence-electron chi connectivity index (χ1n) is 7.13. The average Bonchev–Trinajstić information content (AvgIpc) is 2.49. The molecule has 0 unspecified atom stereocenters. The summed E-state index contributed by atoms with van der Waals surface area (Å²) in [5.74, 6) is -0.317. The van der Waals surface area contributed by atoms with E-state index in [2.05, 4.69) is 6.92 Å². The first-order chi connectivity index (χ1) is 10.1. The minimum atomic E-state index is -0.941. The van der Waals surface area contributed by atoms with Gasteiger partial charge in [0.15, 0.2) is 6.10 Å². The maximum atomic E-state index is 11.5. The molecule has 110 valence electrons. The van der Waals surface area contributed by atoms with Crippen LogP contribution >= 0.6 is 0 Å². The maximum Gasteiger partial charge on any atom is 0.345 e. The third-order valence-corrected chi connectivity index (χ3v) is 3.54. The van der Waals surface area contributed by atoms with Crippen molar-refractivity contribution in [2.75, 3.05) is 0 Å². The second-order valence-electron chi connectivity index (χ2n) is 5.04. The molecule has 2 rings (SSSR count). The smallest absolute Gasteiger partial charge is 0.345 e. The van der Waals surface area contributed by atoms with Crippen molar-refractivity contribution >= 4 is 5.97 Å². The van der Waals surface area contributed by atoms with Crippen LogP contribution in [0.4, 0.5) is 0 Å². The van der Waals surface area contributed by atoms with E-state index in [0.717, 1.165) is 23.1 Å². The standard InChI is InChI=1S/C18H20O3/c1-3-14-9-5-6-10-15(14)12-17(18(19)20)21-16-11-7-4-8-13(16)2/h4-11,17H,3,12H2,1-2H3,(H,19,20)/t17-/m1/s1. The van der Waals surface area contributed by atoms with Crippen molar-refractivity contribution in [2.45, 2.75) is 32.8 Å². The second kappa shape index (κ2) is 6.93. The molecule has 0 amide bonds. The van der Waals surface area contributed by atoms with Crippen LogP contribution in [-0.2, 0) is 17.6 Å². The highest BCUT2D eigenvalue weighted by molar-refractivity contribution is 5.73. The molecule has 0 aliphatic carbocycles. The minimum Gasteiger partial charge on any atom is -0.478 e. The predicted molar refractivity (Wildman–Crippen MR) is 82.8 cm³/mol. The van der Waals surface area contributed by atoms with Gasteiger partial charge in [-0.2, -0.15) is 0 Å². The monoisotopic (exact) mass is 284 g/mol. The van der Waals surface area contributed by atoms with E-state index in [4.69, 9.17) is 4.74 Å². The molecule has 21 heavy (non-hydrogen) atoms. The molecule has 0 aliphatic rings. The van der Waals surface area contributed by atoms with Crippen LogP contribution < -0.4 is 4.74 Å². The average molecular weight is 284 g/mol. The van der Waals surface area contributed by atoms with Crippen molar-refractivity contribution < 1.29 is 14.6 Å². The van der Waals surface area contributed by atoms with Crippen molar-refractivity contribution in [2.24, 2.45) is 0 Å². The summed E-state index contributed by atoms with van der Waals surface area (Å²) in [6, 6.07) is 15.4. The Bertz CT molecular complexity index is 619. The van der Waals surface area contributed by atoms with Gasteiger partial charge < -0.3 is 9.84 Å². The van der Waals surface area contributed by atoms with Gasteiger partial charge in [-0.3, -0.25) is 0 Å². The summed E-state index contributed by atoms with van der Waals surface area (Å²) in [5.41, 5.74) is 3.13. The SMILES string of the molecule is CCc1ccccc1C[C@@H](Oc1ccccc1C)C(=O)O. The highest BCUT2D eigenvalue weighted by Crippen LogP contribution is 2.20. The number of benzene rings is 2. The summed E-state index contributed by atoms with van der Waals surface area (Å²) in [4.78, 5) is 11.5. The first kappa shape index (κ1) is 15.1. The lowest BCUT2D eigenvalue weighted by Crippen LogP contribution is -2.30. The Morgan fingerprint density at radius 3 is 2.33 bits per heavy atom. The number of aryl methyl sites for hydroxylation is 2. The molecule has 0 bridgehead atoms. The fourth-order valence-electron chi connectivity index (χ4n) is 2.32. The largest absolute Gasteiger partial charge is 0.478 e. The second-order valence-corrected chi connectivity index (χ2v) is 5.04. The van der Waals surface area contributed by atoms with Crippen molar-refractivity contribution in [1.82, 2.24) is 0 Å². The Morgan fingerprint density at radius 1 is 1.10 bits per heavy atom. The van der Waals surface area contributed by atoms with Crippen LogP contribution in [0.15, 0.2) is 48.5 Å². The van der Waals surface area contributed by atoms with Gasteiger partial charge in [-0.05, 0) is 36.1 Å². The van der Waals surface area contributed by atoms with E-state index in [0.29, 0.717) is 12.2 Å². The Balaban J connectivity index is 2.20. The lowest BCUT2D eigenvalue weighted by molar-refractivity contribution is -0.145.